The summed E-state index contributed by atoms with van der Waals surface area (Å²) in [5.41, 5.74) is 1.09. The molecule has 0 bridgehead atoms. The Kier molecular flexibility index (Phi) is 5.62. The molecule has 2 rings (SSSR count). The van der Waals surface area contributed by atoms with Crippen LogP contribution in [0.5, 0.6) is 0 Å². The lowest BCUT2D eigenvalue weighted by Gasteiger charge is -2.27. The van der Waals surface area contributed by atoms with Crippen molar-refractivity contribution < 1.29 is 9.84 Å². The smallest absolute Gasteiger partial charge is 0.113 e. The lowest BCUT2D eigenvalue weighted by molar-refractivity contribution is 0.149. The molecule has 0 amide bonds. The van der Waals surface area contributed by atoms with Crippen LogP contribution in [0.25, 0.3) is 0 Å². The summed E-state index contributed by atoms with van der Waals surface area (Å²) in [5.74, 6) is 0.883. The van der Waals surface area contributed by atoms with Gasteiger partial charge in [0.05, 0.1) is 11.8 Å². The van der Waals surface area contributed by atoms with E-state index in [0.717, 1.165) is 11.3 Å². The molecule has 1 aliphatic carbocycles. The number of nitriles is 1. The van der Waals surface area contributed by atoms with Gasteiger partial charge in [-0.1, -0.05) is 55.1 Å². The highest BCUT2D eigenvalue weighted by Gasteiger charge is 2.25. The van der Waals surface area contributed by atoms with Gasteiger partial charge in [-0.15, -0.1) is 0 Å². The molecule has 0 spiro atoms. The van der Waals surface area contributed by atoms with Crippen molar-refractivity contribution in [2.45, 2.75) is 13.0 Å². The molecule has 0 saturated carbocycles. The van der Waals surface area contributed by atoms with Crippen LogP contribution in [0, 0.1) is 23.2 Å². The van der Waals surface area contributed by atoms with Crippen LogP contribution in [0.4, 0.5) is 0 Å². The van der Waals surface area contributed by atoms with Crippen molar-refractivity contribution in [1.29, 1.82) is 5.26 Å². The first-order chi connectivity index (χ1) is 10.7. The van der Waals surface area contributed by atoms with E-state index in [2.05, 4.69) is 6.58 Å². The Labute approximate surface area is 131 Å². The van der Waals surface area contributed by atoms with E-state index in [1.54, 1.807) is 0 Å². The fourth-order valence-corrected chi connectivity index (χ4v) is 2.47. The molecule has 0 heterocycles. The van der Waals surface area contributed by atoms with E-state index < -0.39 is 0 Å². The minimum absolute atomic E-state index is 0.0133. The summed E-state index contributed by atoms with van der Waals surface area (Å²) in [6.45, 7) is 4.05. The summed E-state index contributed by atoms with van der Waals surface area (Å²) in [4.78, 5) is 0. The van der Waals surface area contributed by atoms with Crippen LogP contribution in [0.15, 0.2) is 78.8 Å². The van der Waals surface area contributed by atoms with E-state index in [1.807, 2.05) is 60.7 Å². The molecule has 2 atom stereocenters. The Hall–Kier alpha value is -2.73. The Balaban J connectivity index is 2.11. The van der Waals surface area contributed by atoms with Crippen LogP contribution in [0.2, 0.25) is 0 Å². The predicted octanol–water partition coefficient (Wildman–Crippen LogP) is 4.43. The number of nitrogens with zero attached hydrogens (tertiary/aromatic N) is 1. The van der Waals surface area contributed by atoms with Crippen molar-refractivity contribution in [3.8, 4) is 6.07 Å². The number of aliphatic hydroxyl groups excluding tert-OH is 1. The molecule has 0 saturated heterocycles. The molecule has 22 heavy (non-hydrogen) atoms. The highest BCUT2D eigenvalue weighted by molar-refractivity contribution is 5.25. The second-order valence-corrected chi connectivity index (χ2v) is 5.17. The quantitative estimate of drug-likeness (QED) is 0.623. The van der Waals surface area contributed by atoms with E-state index in [0.29, 0.717) is 13.0 Å². The van der Waals surface area contributed by atoms with E-state index in [4.69, 9.17) is 10.00 Å². The van der Waals surface area contributed by atoms with Crippen molar-refractivity contribution in [2.75, 3.05) is 0 Å². The number of allylic oxidation sites excluding steroid dienone is 7. The van der Waals surface area contributed by atoms with Gasteiger partial charge in [0.1, 0.15) is 12.4 Å². The molecule has 0 fully saturated rings. The fourth-order valence-electron chi connectivity index (χ4n) is 2.47. The summed E-state index contributed by atoms with van der Waals surface area (Å²) in [7, 11) is 0. The maximum absolute atomic E-state index is 9.56. The second-order valence-electron chi connectivity index (χ2n) is 5.17. The molecule has 0 aliphatic heterocycles. The van der Waals surface area contributed by atoms with Crippen molar-refractivity contribution in [1.82, 2.24) is 0 Å². The van der Waals surface area contributed by atoms with Crippen molar-refractivity contribution in [2.24, 2.45) is 11.8 Å². The summed E-state index contributed by atoms with van der Waals surface area (Å²) < 4.78 is 5.93. The molecule has 0 radical (unpaired) electrons. The first-order valence-corrected chi connectivity index (χ1v) is 7.19. The molecule has 0 aromatic heterocycles. The number of hydrogen-bond donors (Lipinski definition) is 1. The zero-order valence-electron chi connectivity index (χ0n) is 12.4. The van der Waals surface area contributed by atoms with E-state index >= 15 is 0 Å². The maximum Gasteiger partial charge on any atom is 0.113 e. The van der Waals surface area contributed by atoms with Crippen LogP contribution >= 0.6 is 0 Å². The molecule has 2 unspecified atom stereocenters. The number of aliphatic hydroxyl groups is 1. The predicted molar refractivity (Wildman–Crippen MR) is 86.6 cm³/mol. The Bertz CT molecular complexity index is 635. The van der Waals surface area contributed by atoms with E-state index in [1.165, 1.54) is 6.08 Å². The summed E-state index contributed by atoms with van der Waals surface area (Å²) in [6.07, 6.45) is 9.52. The normalized spacial score (nSPS) is 20.4. The second kappa shape index (κ2) is 7.90. The summed E-state index contributed by atoms with van der Waals surface area (Å²) in [6, 6.07) is 11.9. The molecular formula is C19H19NO2. The third-order valence-electron chi connectivity index (χ3n) is 3.52. The fraction of sp³-hybridized carbons (Fsp3) is 0.211. The van der Waals surface area contributed by atoms with Gasteiger partial charge in [0.2, 0.25) is 0 Å². The molecular weight excluding hydrogens is 274 g/mol. The van der Waals surface area contributed by atoms with Gasteiger partial charge in [0.25, 0.3) is 0 Å². The van der Waals surface area contributed by atoms with Crippen LogP contribution < -0.4 is 0 Å². The highest BCUT2D eigenvalue weighted by atomic mass is 16.5. The van der Waals surface area contributed by atoms with Crippen molar-refractivity contribution >= 4 is 0 Å². The highest BCUT2D eigenvalue weighted by Crippen LogP contribution is 2.33. The Morgan fingerprint density at radius 2 is 2.14 bits per heavy atom. The summed E-state index contributed by atoms with van der Waals surface area (Å²) in [5, 5.41) is 18.3. The van der Waals surface area contributed by atoms with E-state index in [-0.39, 0.29) is 17.6 Å². The summed E-state index contributed by atoms with van der Waals surface area (Å²) >= 11 is 0. The van der Waals surface area contributed by atoms with Gasteiger partial charge in [-0.25, -0.2) is 0 Å². The number of hydrogen-bond acceptors (Lipinski definition) is 3. The monoisotopic (exact) mass is 293 g/mol. The van der Waals surface area contributed by atoms with Gasteiger partial charge in [0.15, 0.2) is 0 Å². The number of benzene rings is 1. The van der Waals surface area contributed by atoms with Crippen molar-refractivity contribution in [3.63, 3.8) is 0 Å². The van der Waals surface area contributed by atoms with E-state index in [9.17, 15) is 5.11 Å². The molecule has 3 nitrogen and oxygen atoms in total. The molecule has 112 valence electrons. The molecule has 3 heteroatoms. The topological polar surface area (TPSA) is 53.2 Å². The molecule has 1 aromatic carbocycles. The molecule has 1 aliphatic rings. The third kappa shape index (κ3) is 4.39. The van der Waals surface area contributed by atoms with Crippen LogP contribution in [0.1, 0.15) is 12.0 Å². The molecule has 1 N–H and O–H groups in total. The van der Waals surface area contributed by atoms with Gasteiger partial charge in [-0.3, -0.25) is 0 Å². The van der Waals surface area contributed by atoms with Crippen LogP contribution in [-0.2, 0) is 11.3 Å². The zero-order chi connectivity index (χ0) is 15.8. The van der Waals surface area contributed by atoms with Crippen LogP contribution in [-0.4, -0.2) is 5.11 Å². The number of ether oxygens (including phenoxy) is 1. The van der Waals surface area contributed by atoms with Crippen LogP contribution in [0.3, 0.4) is 0 Å². The maximum atomic E-state index is 9.56. The minimum atomic E-state index is -0.0455. The van der Waals surface area contributed by atoms with Gasteiger partial charge in [-0.2, -0.15) is 5.26 Å². The number of rotatable bonds is 6. The van der Waals surface area contributed by atoms with Gasteiger partial charge >= 0.3 is 0 Å². The van der Waals surface area contributed by atoms with Gasteiger partial charge < -0.3 is 9.84 Å². The Morgan fingerprint density at radius 3 is 2.82 bits per heavy atom. The third-order valence-corrected chi connectivity index (χ3v) is 3.52. The Morgan fingerprint density at radius 1 is 1.36 bits per heavy atom. The first kappa shape index (κ1) is 15.7. The van der Waals surface area contributed by atoms with Gasteiger partial charge in [0, 0.05) is 24.3 Å². The zero-order valence-corrected chi connectivity index (χ0v) is 12.4. The average Bonchev–Trinajstić information content (AvgIpc) is 2.53. The lowest BCUT2D eigenvalue weighted by Crippen LogP contribution is -2.19. The van der Waals surface area contributed by atoms with Crippen molar-refractivity contribution in [3.05, 3.63) is 84.4 Å². The largest absolute Gasteiger partial charge is 0.513 e. The van der Waals surface area contributed by atoms with Gasteiger partial charge in [-0.05, 0) is 11.6 Å². The minimum Gasteiger partial charge on any atom is -0.513 e. The molecule has 1 aromatic rings. The average molecular weight is 293 g/mol. The lowest BCUT2D eigenvalue weighted by atomic mass is 9.83. The SMILES string of the molecule is C=C(O)CC1C(OCc2ccccc2)=CC=CC1C=CC#N. The first-order valence-electron chi connectivity index (χ1n) is 7.19. The standard InChI is InChI=1S/C19H19NO2/c1-15(21)13-18-17(10-6-12-20)9-5-11-19(18)22-14-16-7-3-2-4-8-16/h2-11,17-18,21H,1,13-14H2.